The van der Waals surface area contributed by atoms with Gasteiger partial charge in [0, 0.05) is 18.5 Å². The first-order valence-corrected chi connectivity index (χ1v) is 12.2. The van der Waals surface area contributed by atoms with Gasteiger partial charge in [0.25, 0.3) is 5.91 Å². The highest BCUT2D eigenvalue weighted by Crippen LogP contribution is 2.27. The number of carbonyl (C=O) groups excluding carboxylic acids is 2. The molecule has 186 valence electrons. The molecule has 3 N–H and O–H groups in total. The molecule has 7 nitrogen and oxygen atoms in total. The highest BCUT2D eigenvalue weighted by molar-refractivity contribution is 6.04. The zero-order valence-electron chi connectivity index (χ0n) is 20.0. The van der Waals surface area contributed by atoms with Gasteiger partial charge in [-0.05, 0) is 66.6 Å². The van der Waals surface area contributed by atoms with Crippen molar-refractivity contribution in [1.82, 2.24) is 10.6 Å². The van der Waals surface area contributed by atoms with Crippen LogP contribution in [-0.2, 0) is 16.1 Å². The summed E-state index contributed by atoms with van der Waals surface area (Å²) in [7, 11) is 0. The summed E-state index contributed by atoms with van der Waals surface area (Å²) in [5.74, 6) is -1.21. The normalized spacial score (nSPS) is 13.9. The molecule has 0 spiro atoms. The molecule has 2 amide bonds. The fourth-order valence-electron chi connectivity index (χ4n) is 3.91. The maximum Gasteiger partial charge on any atom is 0.320 e. The standard InChI is InChI=1S/C29H30N2O5/c32-27(18-17-26(29(34)35)30-19-20-5-2-1-3-6-20)31-28(33)23-11-9-21(10-12-23)22-13-15-25(16-14-22)36-24-7-4-8-24/h1-3,5-6,9-16,24,26,30H,4,7-8,17-19H2,(H,34,35)(H,31,32,33)/t26-/m0/s1. The molecule has 0 saturated heterocycles. The van der Waals surface area contributed by atoms with E-state index in [1.165, 1.54) is 6.42 Å². The Morgan fingerprint density at radius 3 is 2.11 bits per heavy atom. The highest BCUT2D eigenvalue weighted by Gasteiger charge is 2.20. The first-order chi connectivity index (χ1) is 17.5. The SMILES string of the molecule is O=C(CC[C@H](NCc1ccccc1)C(=O)O)NC(=O)c1ccc(-c2ccc(OC3CCC3)cc2)cc1. The Balaban J connectivity index is 1.25. The van der Waals surface area contributed by atoms with Gasteiger partial charge in [0.2, 0.25) is 5.91 Å². The fraction of sp³-hybridized carbons (Fsp3) is 0.276. The molecule has 1 aliphatic carbocycles. The second-order valence-electron chi connectivity index (χ2n) is 8.95. The van der Waals surface area contributed by atoms with Crippen LogP contribution in [0.4, 0.5) is 0 Å². The predicted molar refractivity (Wildman–Crippen MR) is 137 cm³/mol. The number of ether oxygens (including phenoxy) is 1. The maximum atomic E-state index is 12.5. The van der Waals surface area contributed by atoms with E-state index in [9.17, 15) is 19.5 Å². The lowest BCUT2D eigenvalue weighted by Gasteiger charge is -2.26. The lowest BCUT2D eigenvalue weighted by atomic mass is 9.96. The number of nitrogens with one attached hydrogen (secondary N) is 2. The van der Waals surface area contributed by atoms with E-state index in [-0.39, 0.29) is 12.8 Å². The molecule has 0 unspecified atom stereocenters. The molecular weight excluding hydrogens is 456 g/mol. The fourth-order valence-corrected chi connectivity index (χ4v) is 3.91. The molecule has 0 aliphatic heterocycles. The van der Waals surface area contributed by atoms with Gasteiger partial charge in [-0.2, -0.15) is 0 Å². The number of imide groups is 1. The van der Waals surface area contributed by atoms with Gasteiger partial charge in [-0.3, -0.25) is 19.7 Å². The van der Waals surface area contributed by atoms with Gasteiger partial charge in [0.05, 0.1) is 6.10 Å². The van der Waals surface area contributed by atoms with Gasteiger partial charge in [-0.1, -0.05) is 54.6 Å². The molecule has 1 aliphatic rings. The van der Waals surface area contributed by atoms with E-state index in [4.69, 9.17) is 4.74 Å². The summed E-state index contributed by atoms with van der Waals surface area (Å²) in [6, 6.07) is 23.4. The number of aliphatic carboxylic acids is 1. The van der Waals surface area contributed by atoms with Crippen molar-refractivity contribution < 1.29 is 24.2 Å². The summed E-state index contributed by atoms with van der Waals surface area (Å²) in [6.45, 7) is 0.376. The van der Waals surface area contributed by atoms with E-state index in [2.05, 4.69) is 10.6 Å². The minimum atomic E-state index is -1.04. The smallest absolute Gasteiger partial charge is 0.320 e. The van der Waals surface area contributed by atoms with E-state index in [1.54, 1.807) is 12.1 Å². The largest absolute Gasteiger partial charge is 0.490 e. The van der Waals surface area contributed by atoms with Crippen molar-refractivity contribution in [2.24, 2.45) is 0 Å². The minimum Gasteiger partial charge on any atom is -0.490 e. The Morgan fingerprint density at radius 1 is 0.889 bits per heavy atom. The third kappa shape index (κ3) is 7.02. The Kier molecular flexibility index (Phi) is 8.47. The van der Waals surface area contributed by atoms with Gasteiger partial charge in [0.1, 0.15) is 11.8 Å². The van der Waals surface area contributed by atoms with E-state index in [0.717, 1.165) is 35.3 Å². The van der Waals surface area contributed by atoms with Gasteiger partial charge < -0.3 is 15.2 Å². The summed E-state index contributed by atoms with van der Waals surface area (Å²) in [4.78, 5) is 36.3. The number of rotatable bonds is 11. The molecule has 3 aromatic rings. The highest BCUT2D eigenvalue weighted by atomic mass is 16.5. The predicted octanol–water partition coefficient (Wildman–Crippen LogP) is 4.56. The van der Waals surface area contributed by atoms with Crippen LogP contribution >= 0.6 is 0 Å². The average molecular weight is 487 g/mol. The van der Waals surface area contributed by atoms with Crippen LogP contribution in [0, 0.1) is 0 Å². The van der Waals surface area contributed by atoms with Crippen LogP contribution < -0.4 is 15.4 Å². The molecule has 1 atom stereocenters. The van der Waals surface area contributed by atoms with Gasteiger partial charge in [-0.15, -0.1) is 0 Å². The quantitative estimate of drug-likeness (QED) is 0.367. The first-order valence-electron chi connectivity index (χ1n) is 12.2. The van der Waals surface area contributed by atoms with Crippen LogP contribution in [0.2, 0.25) is 0 Å². The molecule has 1 saturated carbocycles. The number of benzene rings is 3. The zero-order valence-corrected chi connectivity index (χ0v) is 20.0. The third-order valence-corrected chi connectivity index (χ3v) is 6.30. The van der Waals surface area contributed by atoms with Crippen molar-refractivity contribution in [3.63, 3.8) is 0 Å². The van der Waals surface area contributed by atoms with Crippen molar-refractivity contribution >= 4 is 17.8 Å². The van der Waals surface area contributed by atoms with E-state index in [1.807, 2.05) is 66.7 Å². The van der Waals surface area contributed by atoms with Gasteiger partial charge in [-0.25, -0.2) is 0 Å². The van der Waals surface area contributed by atoms with Crippen LogP contribution in [0.25, 0.3) is 11.1 Å². The molecule has 7 heteroatoms. The van der Waals surface area contributed by atoms with Crippen LogP contribution in [-0.4, -0.2) is 35.0 Å². The van der Waals surface area contributed by atoms with Crippen LogP contribution in [0.1, 0.15) is 48.0 Å². The van der Waals surface area contributed by atoms with Gasteiger partial charge in [0.15, 0.2) is 0 Å². The molecular formula is C29H30N2O5. The van der Waals surface area contributed by atoms with E-state index >= 15 is 0 Å². The summed E-state index contributed by atoms with van der Waals surface area (Å²) in [5, 5.41) is 14.7. The second kappa shape index (κ2) is 12.1. The van der Waals surface area contributed by atoms with Crippen molar-refractivity contribution in [2.75, 3.05) is 0 Å². The van der Waals surface area contributed by atoms with Crippen molar-refractivity contribution in [1.29, 1.82) is 0 Å². The molecule has 36 heavy (non-hydrogen) atoms. The lowest BCUT2D eigenvalue weighted by Crippen LogP contribution is -2.38. The van der Waals surface area contributed by atoms with Crippen LogP contribution in [0.3, 0.4) is 0 Å². The average Bonchev–Trinajstić information content (AvgIpc) is 2.87. The van der Waals surface area contributed by atoms with E-state index in [0.29, 0.717) is 18.2 Å². The summed E-state index contributed by atoms with van der Waals surface area (Å²) >= 11 is 0. The number of carboxylic acids is 1. The number of carbonyl (C=O) groups is 3. The molecule has 0 bridgehead atoms. The van der Waals surface area contributed by atoms with Crippen molar-refractivity contribution in [3.05, 3.63) is 90.0 Å². The number of hydrogen-bond donors (Lipinski definition) is 3. The van der Waals surface area contributed by atoms with Crippen molar-refractivity contribution in [3.8, 4) is 16.9 Å². The minimum absolute atomic E-state index is 0.0701. The number of amides is 2. The topological polar surface area (TPSA) is 105 Å². The summed E-state index contributed by atoms with van der Waals surface area (Å²) in [6.07, 6.45) is 3.76. The Bertz CT molecular complexity index is 1170. The monoisotopic (exact) mass is 486 g/mol. The zero-order chi connectivity index (χ0) is 25.3. The molecule has 0 heterocycles. The molecule has 0 aromatic heterocycles. The van der Waals surface area contributed by atoms with E-state index < -0.39 is 23.8 Å². The molecule has 1 fully saturated rings. The van der Waals surface area contributed by atoms with Crippen molar-refractivity contribution in [2.45, 2.75) is 50.8 Å². The van der Waals surface area contributed by atoms with Crippen LogP contribution in [0.5, 0.6) is 5.75 Å². The molecule has 4 rings (SSSR count). The first kappa shape index (κ1) is 25.1. The Hall–Kier alpha value is -3.97. The second-order valence-corrected chi connectivity index (χ2v) is 8.95. The van der Waals surface area contributed by atoms with Gasteiger partial charge >= 0.3 is 5.97 Å². The Morgan fingerprint density at radius 2 is 1.53 bits per heavy atom. The maximum absolute atomic E-state index is 12.5. The lowest BCUT2D eigenvalue weighted by molar-refractivity contribution is -0.139. The number of carboxylic acid groups (broad SMARTS) is 1. The summed E-state index contributed by atoms with van der Waals surface area (Å²) < 4.78 is 5.89. The Labute approximate surface area is 210 Å². The molecule has 3 aromatic carbocycles. The van der Waals surface area contributed by atoms with Crippen LogP contribution in [0.15, 0.2) is 78.9 Å². The molecule has 0 radical (unpaired) electrons. The number of hydrogen-bond acceptors (Lipinski definition) is 5. The summed E-state index contributed by atoms with van der Waals surface area (Å²) in [5.41, 5.74) is 3.25. The third-order valence-electron chi connectivity index (χ3n) is 6.30.